The van der Waals surface area contributed by atoms with Crippen molar-refractivity contribution in [2.24, 2.45) is 0 Å². The molecular formula is C11H23N3O3. The van der Waals surface area contributed by atoms with E-state index in [1.807, 2.05) is 0 Å². The highest BCUT2D eigenvalue weighted by atomic mass is 16.4. The van der Waals surface area contributed by atoms with Gasteiger partial charge in [-0.3, -0.25) is 5.32 Å². The molecule has 0 saturated carbocycles. The van der Waals surface area contributed by atoms with Gasteiger partial charge in [-0.1, -0.05) is 0 Å². The normalized spacial score (nSPS) is 22.6. The second kappa shape index (κ2) is 7.47. The van der Waals surface area contributed by atoms with Gasteiger partial charge in [0.25, 0.3) is 0 Å². The van der Waals surface area contributed by atoms with Crippen LogP contribution in [0.1, 0.15) is 25.7 Å². The van der Waals surface area contributed by atoms with Crippen LogP contribution >= 0.6 is 0 Å². The molecule has 1 aliphatic heterocycles. The highest BCUT2D eigenvalue weighted by Gasteiger charge is 2.20. The predicted octanol–water partition coefficient (Wildman–Crippen LogP) is 0.0364. The Bertz CT molecular complexity index is 238. The molecule has 100 valence electrons. The SMILES string of the molecule is CN1CCCC1CCNC(O)CCNC(=O)O. The van der Waals surface area contributed by atoms with Crippen molar-refractivity contribution in [3.05, 3.63) is 0 Å². The number of aliphatic hydroxyl groups excluding tert-OH is 1. The fourth-order valence-electron chi connectivity index (χ4n) is 2.18. The van der Waals surface area contributed by atoms with Crippen molar-refractivity contribution in [3.8, 4) is 0 Å². The third-order valence-corrected chi connectivity index (χ3v) is 3.22. The molecule has 0 spiro atoms. The smallest absolute Gasteiger partial charge is 0.404 e. The number of carboxylic acid groups (broad SMARTS) is 1. The summed E-state index contributed by atoms with van der Waals surface area (Å²) in [5.74, 6) is 0. The van der Waals surface area contributed by atoms with Crippen LogP contribution in [0.3, 0.4) is 0 Å². The van der Waals surface area contributed by atoms with Gasteiger partial charge in [-0.15, -0.1) is 0 Å². The number of hydrogen-bond donors (Lipinski definition) is 4. The van der Waals surface area contributed by atoms with Gasteiger partial charge in [0, 0.05) is 19.0 Å². The zero-order valence-electron chi connectivity index (χ0n) is 10.4. The molecule has 0 aromatic carbocycles. The molecule has 1 amide bonds. The van der Waals surface area contributed by atoms with Crippen molar-refractivity contribution >= 4 is 6.09 Å². The molecule has 0 bridgehead atoms. The van der Waals surface area contributed by atoms with Gasteiger partial charge in [-0.2, -0.15) is 0 Å². The molecule has 6 heteroatoms. The molecule has 2 unspecified atom stereocenters. The monoisotopic (exact) mass is 245 g/mol. The lowest BCUT2D eigenvalue weighted by atomic mass is 10.1. The van der Waals surface area contributed by atoms with Gasteiger partial charge in [-0.25, -0.2) is 4.79 Å². The van der Waals surface area contributed by atoms with Crippen LogP contribution in [0.15, 0.2) is 0 Å². The van der Waals surface area contributed by atoms with Crippen molar-refractivity contribution in [3.63, 3.8) is 0 Å². The minimum atomic E-state index is -1.05. The van der Waals surface area contributed by atoms with E-state index in [0.717, 1.165) is 19.5 Å². The van der Waals surface area contributed by atoms with Gasteiger partial charge < -0.3 is 20.4 Å². The summed E-state index contributed by atoms with van der Waals surface area (Å²) < 4.78 is 0. The Morgan fingerprint density at radius 3 is 2.88 bits per heavy atom. The van der Waals surface area contributed by atoms with E-state index in [1.54, 1.807) is 0 Å². The molecule has 1 fully saturated rings. The van der Waals surface area contributed by atoms with E-state index in [4.69, 9.17) is 5.11 Å². The van der Waals surface area contributed by atoms with E-state index >= 15 is 0 Å². The lowest BCUT2D eigenvalue weighted by molar-refractivity contribution is 0.123. The van der Waals surface area contributed by atoms with Crippen LogP contribution in [0.5, 0.6) is 0 Å². The summed E-state index contributed by atoms with van der Waals surface area (Å²) in [6.45, 7) is 2.20. The number of nitrogens with zero attached hydrogens (tertiary/aromatic N) is 1. The van der Waals surface area contributed by atoms with Gasteiger partial charge in [-0.05, 0) is 39.4 Å². The van der Waals surface area contributed by atoms with Crippen molar-refractivity contribution in [2.45, 2.75) is 38.0 Å². The first-order valence-corrected chi connectivity index (χ1v) is 6.18. The van der Waals surface area contributed by atoms with Crippen LogP contribution in [0.4, 0.5) is 4.79 Å². The summed E-state index contributed by atoms with van der Waals surface area (Å²) in [6, 6.07) is 0.617. The Morgan fingerprint density at radius 1 is 1.53 bits per heavy atom. The lowest BCUT2D eigenvalue weighted by Crippen LogP contribution is -2.36. The topological polar surface area (TPSA) is 84.8 Å². The second-order valence-electron chi connectivity index (χ2n) is 4.56. The lowest BCUT2D eigenvalue weighted by Gasteiger charge is -2.20. The highest BCUT2D eigenvalue weighted by Crippen LogP contribution is 2.16. The number of amides is 1. The molecule has 17 heavy (non-hydrogen) atoms. The predicted molar refractivity (Wildman–Crippen MR) is 64.9 cm³/mol. The van der Waals surface area contributed by atoms with E-state index in [1.165, 1.54) is 12.8 Å². The minimum Gasteiger partial charge on any atom is -0.465 e. The number of carbonyl (C=O) groups is 1. The zero-order chi connectivity index (χ0) is 12.7. The molecular weight excluding hydrogens is 222 g/mol. The van der Waals surface area contributed by atoms with Crippen LogP contribution in [0, 0.1) is 0 Å². The van der Waals surface area contributed by atoms with Gasteiger partial charge in [0.15, 0.2) is 0 Å². The molecule has 2 atom stereocenters. The quantitative estimate of drug-likeness (QED) is 0.476. The standard InChI is InChI=1S/C11H23N3O3/c1-14-8-2-3-9(14)4-6-12-10(15)5-7-13-11(16)17/h9-10,12-13,15H,2-8H2,1H3,(H,16,17). The molecule has 1 aliphatic rings. The van der Waals surface area contributed by atoms with Gasteiger partial charge in [0.05, 0.1) is 0 Å². The molecule has 1 heterocycles. The molecule has 4 N–H and O–H groups in total. The Hall–Kier alpha value is -0.850. The van der Waals surface area contributed by atoms with Crippen LogP contribution < -0.4 is 10.6 Å². The average Bonchev–Trinajstić information content (AvgIpc) is 2.64. The third-order valence-electron chi connectivity index (χ3n) is 3.22. The molecule has 1 rings (SSSR count). The van der Waals surface area contributed by atoms with Crippen LogP contribution in [-0.4, -0.2) is 60.2 Å². The summed E-state index contributed by atoms with van der Waals surface area (Å²) in [6.07, 6.45) is 2.23. The number of nitrogens with one attached hydrogen (secondary N) is 2. The van der Waals surface area contributed by atoms with E-state index in [0.29, 0.717) is 12.5 Å². The van der Waals surface area contributed by atoms with E-state index < -0.39 is 12.3 Å². The molecule has 0 aromatic heterocycles. The van der Waals surface area contributed by atoms with E-state index in [-0.39, 0.29) is 6.54 Å². The van der Waals surface area contributed by atoms with Gasteiger partial charge in [0.2, 0.25) is 0 Å². The Morgan fingerprint density at radius 2 is 2.29 bits per heavy atom. The zero-order valence-corrected chi connectivity index (χ0v) is 10.4. The van der Waals surface area contributed by atoms with Crippen molar-refractivity contribution < 1.29 is 15.0 Å². The minimum absolute atomic E-state index is 0.271. The Balaban J connectivity index is 1.99. The fraction of sp³-hybridized carbons (Fsp3) is 0.909. The maximum absolute atomic E-state index is 10.2. The molecule has 0 radical (unpaired) electrons. The Labute approximate surface area is 102 Å². The second-order valence-corrected chi connectivity index (χ2v) is 4.56. The third kappa shape index (κ3) is 5.86. The van der Waals surface area contributed by atoms with E-state index in [2.05, 4.69) is 22.6 Å². The number of hydrogen-bond acceptors (Lipinski definition) is 4. The summed E-state index contributed by atoms with van der Waals surface area (Å²) in [5.41, 5.74) is 0. The molecule has 0 aromatic rings. The summed E-state index contributed by atoms with van der Waals surface area (Å²) >= 11 is 0. The number of aliphatic hydroxyl groups is 1. The number of likely N-dealkylation sites (tertiary alicyclic amines) is 1. The van der Waals surface area contributed by atoms with Crippen molar-refractivity contribution in [1.29, 1.82) is 0 Å². The molecule has 0 aliphatic carbocycles. The fourth-order valence-corrected chi connectivity index (χ4v) is 2.18. The first-order chi connectivity index (χ1) is 8.09. The molecule has 1 saturated heterocycles. The number of rotatable bonds is 7. The first kappa shape index (κ1) is 14.2. The average molecular weight is 245 g/mol. The largest absolute Gasteiger partial charge is 0.465 e. The van der Waals surface area contributed by atoms with E-state index in [9.17, 15) is 9.90 Å². The van der Waals surface area contributed by atoms with Crippen LogP contribution in [-0.2, 0) is 0 Å². The van der Waals surface area contributed by atoms with Crippen molar-refractivity contribution in [2.75, 3.05) is 26.7 Å². The first-order valence-electron chi connectivity index (χ1n) is 6.18. The summed E-state index contributed by atoms with van der Waals surface area (Å²) in [7, 11) is 2.13. The van der Waals surface area contributed by atoms with Crippen molar-refractivity contribution in [1.82, 2.24) is 15.5 Å². The summed E-state index contributed by atoms with van der Waals surface area (Å²) in [4.78, 5) is 12.5. The van der Waals surface area contributed by atoms with Gasteiger partial charge in [0.1, 0.15) is 6.23 Å². The Kier molecular flexibility index (Phi) is 6.25. The van der Waals surface area contributed by atoms with Gasteiger partial charge >= 0.3 is 6.09 Å². The van der Waals surface area contributed by atoms with Crippen LogP contribution in [0.2, 0.25) is 0 Å². The molecule has 6 nitrogen and oxygen atoms in total. The highest BCUT2D eigenvalue weighted by molar-refractivity contribution is 5.64. The maximum atomic E-state index is 10.2. The maximum Gasteiger partial charge on any atom is 0.404 e. The van der Waals surface area contributed by atoms with Crippen LogP contribution in [0.25, 0.3) is 0 Å². The summed E-state index contributed by atoms with van der Waals surface area (Å²) in [5, 5.41) is 23.1.